The number of ether oxygens (including phenoxy) is 1. The predicted octanol–water partition coefficient (Wildman–Crippen LogP) is 5.80. The van der Waals surface area contributed by atoms with Gasteiger partial charge in [0.2, 0.25) is 0 Å². The van der Waals surface area contributed by atoms with Gasteiger partial charge in [-0.1, -0.05) is 6.92 Å². The van der Waals surface area contributed by atoms with Gasteiger partial charge in [0.15, 0.2) is 5.78 Å². The number of Topliss-reactive ketones (excluding diaryl/α,β-unsaturated/α-hetero) is 1. The molecule has 0 unspecified atom stereocenters. The minimum Gasteiger partial charge on any atom is -0.457 e. The molecule has 10 heteroatoms. The first-order valence-electron chi connectivity index (χ1n) is 13.1. The van der Waals surface area contributed by atoms with Crippen molar-refractivity contribution in [2.45, 2.75) is 50.7 Å². The van der Waals surface area contributed by atoms with Crippen LogP contribution in [0, 0.1) is 23.4 Å². The Morgan fingerprint density at radius 2 is 1.66 bits per heavy atom. The maximum Gasteiger partial charge on any atom is 0.185 e. The summed E-state index contributed by atoms with van der Waals surface area (Å²) in [5.41, 5.74) is -1.36. The van der Waals surface area contributed by atoms with E-state index in [4.69, 9.17) is 4.74 Å². The first kappa shape index (κ1) is 28.4. The van der Waals surface area contributed by atoms with E-state index in [0.29, 0.717) is 24.2 Å². The fourth-order valence-corrected chi connectivity index (χ4v) is 5.25. The number of halogens is 3. The summed E-state index contributed by atoms with van der Waals surface area (Å²) in [6.45, 7) is 3.47. The van der Waals surface area contributed by atoms with Gasteiger partial charge >= 0.3 is 0 Å². The molecule has 0 bridgehead atoms. The molecule has 1 aliphatic rings. The van der Waals surface area contributed by atoms with Gasteiger partial charge in [0, 0.05) is 43.3 Å². The van der Waals surface area contributed by atoms with Crippen molar-refractivity contribution in [2.75, 3.05) is 0 Å². The zero-order valence-corrected chi connectivity index (χ0v) is 22.4. The van der Waals surface area contributed by atoms with Crippen molar-refractivity contribution < 1.29 is 32.9 Å². The average Bonchev–Trinajstić information content (AvgIpc) is 2.93. The summed E-state index contributed by atoms with van der Waals surface area (Å²) >= 11 is 0. The molecular weight excluding hydrogens is 535 g/mol. The van der Waals surface area contributed by atoms with Crippen molar-refractivity contribution in [3.63, 3.8) is 0 Å². The van der Waals surface area contributed by atoms with Crippen molar-refractivity contribution in [1.82, 2.24) is 15.0 Å². The third-order valence-electron chi connectivity index (χ3n) is 7.82. The maximum absolute atomic E-state index is 15.1. The van der Waals surface area contributed by atoms with E-state index in [-0.39, 0.29) is 29.7 Å². The van der Waals surface area contributed by atoms with Crippen LogP contribution in [0.1, 0.15) is 54.2 Å². The summed E-state index contributed by atoms with van der Waals surface area (Å²) in [5.74, 6) is -3.88. The highest BCUT2D eigenvalue weighted by molar-refractivity contribution is 5.96. The second-order valence-corrected chi connectivity index (χ2v) is 10.6. The summed E-state index contributed by atoms with van der Waals surface area (Å²) in [6, 6.07) is 8.72. The Balaban J connectivity index is 1.41. The van der Waals surface area contributed by atoms with Crippen molar-refractivity contribution in [2.24, 2.45) is 5.92 Å². The quantitative estimate of drug-likeness (QED) is 0.274. The molecule has 41 heavy (non-hydrogen) atoms. The molecular formula is C31H28F3N3O4. The Labute approximate surface area is 234 Å². The van der Waals surface area contributed by atoms with E-state index in [1.165, 1.54) is 24.5 Å². The van der Waals surface area contributed by atoms with Gasteiger partial charge in [-0.15, -0.1) is 0 Å². The third kappa shape index (κ3) is 5.84. The number of carbonyl (C=O) groups is 1. The van der Waals surface area contributed by atoms with Crippen molar-refractivity contribution >= 4 is 5.78 Å². The Hall–Kier alpha value is -4.15. The molecule has 2 N–H and O–H groups in total. The zero-order valence-electron chi connectivity index (χ0n) is 22.4. The zero-order chi connectivity index (χ0) is 29.3. The first-order chi connectivity index (χ1) is 19.5. The van der Waals surface area contributed by atoms with Gasteiger partial charge in [-0.05, 0) is 73.1 Å². The number of benzene rings is 1. The van der Waals surface area contributed by atoms with Crippen LogP contribution in [0.2, 0.25) is 0 Å². The van der Waals surface area contributed by atoms with E-state index in [0.717, 1.165) is 29.8 Å². The Kier molecular flexibility index (Phi) is 7.88. The Morgan fingerprint density at radius 3 is 2.34 bits per heavy atom. The number of aliphatic hydroxyl groups excluding tert-OH is 1. The molecule has 5 rings (SSSR count). The monoisotopic (exact) mass is 563 g/mol. The molecule has 4 aromatic rings. The highest BCUT2D eigenvalue weighted by atomic mass is 19.1. The van der Waals surface area contributed by atoms with Gasteiger partial charge in [-0.25, -0.2) is 18.2 Å². The largest absolute Gasteiger partial charge is 0.457 e. The van der Waals surface area contributed by atoms with Crippen LogP contribution in [-0.4, -0.2) is 42.7 Å². The summed E-state index contributed by atoms with van der Waals surface area (Å²) in [4.78, 5) is 25.3. The van der Waals surface area contributed by atoms with Gasteiger partial charge in [0.25, 0.3) is 0 Å². The molecule has 0 aliphatic heterocycles. The van der Waals surface area contributed by atoms with E-state index < -0.39 is 46.2 Å². The number of ketones is 1. The molecule has 1 fully saturated rings. The first-order valence-corrected chi connectivity index (χ1v) is 13.1. The summed E-state index contributed by atoms with van der Waals surface area (Å²) in [5, 5.41) is 21.1. The van der Waals surface area contributed by atoms with E-state index in [1.807, 2.05) is 6.92 Å². The SMILES string of the molecule is C[C@@H]1C[C@@H](c2ccncc2CC(=O)c2ccc(F)c(-c3c(F)cc(Oc4ccncc4)cc3F)n2)C[C@@H](O)[C@]1(C)O. The van der Waals surface area contributed by atoms with Crippen LogP contribution in [0.3, 0.4) is 0 Å². The molecule has 3 heterocycles. The van der Waals surface area contributed by atoms with Crippen molar-refractivity contribution in [3.8, 4) is 22.8 Å². The Bertz CT molecular complexity index is 1550. The lowest BCUT2D eigenvalue weighted by atomic mass is 9.68. The summed E-state index contributed by atoms with van der Waals surface area (Å²) in [6.07, 6.45) is 5.85. The standard InChI is InChI=1S/C31H28F3N3O4/c1-17-11-18(13-28(39)31(17,2)40)22-7-10-36-16-19(22)12-27(38)26-4-3-23(32)30(37-26)29-24(33)14-21(15-25(29)34)41-20-5-8-35-9-6-20/h3-10,14-18,28,39-40H,11-13H2,1-2H3/t17-,18-,28-,31-/m1/s1. The number of pyridine rings is 3. The summed E-state index contributed by atoms with van der Waals surface area (Å²) in [7, 11) is 0. The normalized spacial score (nSPS) is 22.4. The van der Waals surface area contributed by atoms with E-state index in [9.17, 15) is 19.4 Å². The smallest absolute Gasteiger partial charge is 0.185 e. The fraction of sp³-hybridized carbons (Fsp3) is 0.290. The number of nitrogens with zero attached hydrogens (tertiary/aromatic N) is 3. The fourth-order valence-electron chi connectivity index (χ4n) is 5.25. The lowest BCUT2D eigenvalue weighted by molar-refractivity contribution is -0.123. The van der Waals surface area contributed by atoms with Crippen LogP contribution in [0.5, 0.6) is 11.5 Å². The number of aromatic nitrogens is 3. The number of carbonyl (C=O) groups excluding carboxylic acids is 1. The third-order valence-corrected chi connectivity index (χ3v) is 7.82. The molecule has 7 nitrogen and oxygen atoms in total. The lowest BCUT2D eigenvalue weighted by Gasteiger charge is -2.43. The number of hydrogen-bond acceptors (Lipinski definition) is 7. The van der Waals surface area contributed by atoms with Crippen molar-refractivity contribution in [3.05, 3.63) is 102 Å². The highest BCUT2D eigenvalue weighted by Gasteiger charge is 2.43. The molecule has 4 atom stereocenters. The predicted molar refractivity (Wildman–Crippen MR) is 144 cm³/mol. The van der Waals surface area contributed by atoms with Gasteiger partial charge in [-0.2, -0.15) is 0 Å². The molecule has 1 aliphatic carbocycles. The van der Waals surface area contributed by atoms with Crippen molar-refractivity contribution in [1.29, 1.82) is 0 Å². The second-order valence-electron chi connectivity index (χ2n) is 10.6. The second kappa shape index (κ2) is 11.4. The molecule has 0 radical (unpaired) electrons. The molecule has 0 saturated heterocycles. The minimum atomic E-state index is -1.22. The molecule has 0 amide bonds. The van der Waals surface area contributed by atoms with Crippen LogP contribution >= 0.6 is 0 Å². The topological polar surface area (TPSA) is 105 Å². The highest BCUT2D eigenvalue weighted by Crippen LogP contribution is 2.42. The lowest BCUT2D eigenvalue weighted by Crippen LogP contribution is -2.49. The molecule has 3 aromatic heterocycles. The molecule has 1 saturated carbocycles. The number of hydrogen-bond donors (Lipinski definition) is 2. The van der Waals surface area contributed by atoms with E-state index >= 15 is 8.78 Å². The maximum atomic E-state index is 15.1. The van der Waals surface area contributed by atoms with E-state index in [2.05, 4.69) is 15.0 Å². The van der Waals surface area contributed by atoms with E-state index in [1.54, 1.807) is 25.4 Å². The summed E-state index contributed by atoms with van der Waals surface area (Å²) < 4.78 is 50.4. The van der Waals surface area contributed by atoms with Gasteiger partial charge in [0.1, 0.15) is 40.3 Å². The van der Waals surface area contributed by atoms with Crippen LogP contribution < -0.4 is 4.74 Å². The van der Waals surface area contributed by atoms with Gasteiger partial charge in [-0.3, -0.25) is 14.8 Å². The Morgan fingerprint density at radius 1 is 0.976 bits per heavy atom. The number of rotatable bonds is 7. The van der Waals surface area contributed by atoms with Crippen LogP contribution in [0.4, 0.5) is 13.2 Å². The average molecular weight is 564 g/mol. The number of aliphatic hydroxyl groups is 2. The van der Waals surface area contributed by atoms with Crippen LogP contribution in [0.15, 0.2) is 67.3 Å². The minimum absolute atomic E-state index is 0.126. The molecule has 1 aromatic carbocycles. The van der Waals surface area contributed by atoms with Crippen LogP contribution in [-0.2, 0) is 6.42 Å². The van der Waals surface area contributed by atoms with Gasteiger partial charge in [0.05, 0.1) is 17.3 Å². The molecule has 212 valence electrons. The van der Waals surface area contributed by atoms with Gasteiger partial charge < -0.3 is 14.9 Å². The molecule has 0 spiro atoms. The van der Waals surface area contributed by atoms with Crippen LogP contribution in [0.25, 0.3) is 11.3 Å².